The summed E-state index contributed by atoms with van der Waals surface area (Å²) in [4.78, 5) is -0.657. The molecule has 0 radical (unpaired) electrons. The number of halogens is 3. The minimum Gasteiger partial charge on any atom is -0.483 e. The van der Waals surface area contributed by atoms with E-state index in [0.717, 1.165) is 0 Å². The number of hydrogen-bond acceptors (Lipinski definition) is 3. The van der Waals surface area contributed by atoms with Crippen molar-refractivity contribution >= 4 is 19.7 Å². The van der Waals surface area contributed by atoms with Gasteiger partial charge < -0.3 is 4.74 Å². The van der Waals surface area contributed by atoms with E-state index < -0.39 is 31.3 Å². The molecule has 0 aromatic heterocycles. The first-order valence-corrected chi connectivity index (χ1v) is 6.34. The van der Waals surface area contributed by atoms with Gasteiger partial charge in [0.25, 0.3) is 9.05 Å². The lowest BCUT2D eigenvalue weighted by Crippen LogP contribution is -2.01. The first-order valence-electron chi connectivity index (χ1n) is 4.03. The van der Waals surface area contributed by atoms with Crippen molar-refractivity contribution in [3.8, 4) is 5.75 Å². The third-order valence-corrected chi connectivity index (χ3v) is 2.93. The Morgan fingerprint density at radius 3 is 2.25 bits per heavy atom. The van der Waals surface area contributed by atoms with Crippen molar-refractivity contribution in [1.82, 2.24) is 0 Å². The third-order valence-electron chi connectivity index (χ3n) is 1.60. The standard InChI is InChI=1S/C9H7ClF2O3S/c1-2-3-15-9-7(11)4-6(5-8(9)12)16(10,13)14/h2,4-5H,1,3H2. The van der Waals surface area contributed by atoms with E-state index in [1.165, 1.54) is 6.08 Å². The van der Waals surface area contributed by atoms with E-state index in [-0.39, 0.29) is 6.61 Å². The van der Waals surface area contributed by atoms with Crippen LogP contribution in [0.3, 0.4) is 0 Å². The van der Waals surface area contributed by atoms with Gasteiger partial charge in [-0.2, -0.15) is 0 Å². The molecule has 1 aromatic carbocycles. The average molecular weight is 269 g/mol. The highest BCUT2D eigenvalue weighted by Crippen LogP contribution is 2.26. The molecule has 1 aromatic rings. The second-order valence-corrected chi connectivity index (χ2v) is 5.32. The van der Waals surface area contributed by atoms with Gasteiger partial charge in [0.05, 0.1) is 4.90 Å². The van der Waals surface area contributed by atoms with Crippen LogP contribution in [0.4, 0.5) is 8.78 Å². The summed E-state index contributed by atoms with van der Waals surface area (Å²) in [6, 6.07) is 1.17. The van der Waals surface area contributed by atoms with Gasteiger partial charge in [-0.25, -0.2) is 17.2 Å². The molecule has 0 heterocycles. The maximum atomic E-state index is 13.2. The zero-order chi connectivity index (χ0) is 12.3. The molecule has 0 atom stereocenters. The minimum atomic E-state index is -4.17. The highest BCUT2D eigenvalue weighted by atomic mass is 35.7. The largest absolute Gasteiger partial charge is 0.483 e. The highest BCUT2D eigenvalue weighted by molar-refractivity contribution is 8.13. The molecule has 7 heteroatoms. The van der Waals surface area contributed by atoms with E-state index in [4.69, 9.17) is 10.7 Å². The predicted molar refractivity (Wildman–Crippen MR) is 55.1 cm³/mol. The molecule has 16 heavy (non-hydrogen) atoms. The second-order valence-electron chi connectivity index (χ2n) is 2.75. The van der Waals surface area contributed by atoms with E-state index in [1.807, 2.05) is 0 Å². The van der Waals surface area contributed by atoms with Crippen LogP contribution in [0.25, 0.3) is 0 Å². The van der Waals surface area contributed by atoms with E-state index in [0.29, 0.717) is 12.1 Å². The number of hydrogen-bond donors (Lipinski definition) is 0. The van der Waals surface area contributed by atoms with Crippen LogP contribution in [0.1, 0.15) is 0 Å². The molecule has 0 aliphatic carbocycles. The molecule has 0 amide bonds. The summed E-state index contributed by atoms with van der Waals surface area (Å²) in [5.74, 6) is -2.94. The first-order chi connectivity index (χ1) is 7.36. The van der Waals surface area contributed by atoms with Crippen molar-refractivity contribution in [3.05, 3.63) is 36.4 Å². The van der Waals surface area contributed by atoms with Gasteiger partial charge in [-0.05, 0) is 12.1 Å². The molecule has 0 bridgehead atoms. The Balaban J connectivity index is 3.22. The lowest BCUT2D eigenvalue weighted by molar-refractivity contribution is 0.319. The van der Waals surface area contributed by atoms with Crippen LogP contribution in [0, 0.1) is 11.6 Å². The first kappa shape index (κ1) is 12.9. The Hall–Kier alpha value is -1.14. The van der Waals surface area contributed by atoms with E-state index in [1.54, 1.807) is 0 Å². The van der Waals surface area contributed by atoms with E-state index >= 15 is 0 Å². The van der Waals surface area contributed by atoms with Crippen molar-refractivity contribution in [2.45, 2.75) is 4.90 Å². The van der Waals surface area contributed by atoms with Crippen LogP contribution >= 0.6 is 10.7 Å². The molecule has 0 N–H and O–H groups in total. The topological polar surface area (TPSA) is 43.4 Å². The molecule has 88 valence electrons. The molecule has 3 nitrogen and oxygen atoms in total. The summed E-state index contributed by atoms with van der Waals surface area (Å²) in [5.41, 5.74) is 0. The number of rotatable bonds is 4. The number of ether oxygens (including phenoxy) is 1. The normalized spacial score (nSPS) is 11.2. The summed E-state index contributed by atoms with van der Waals surface area (Å²) in [7, 11) is 0.773. The Kier molecular flexibility index (Phi) is 3.88. The fraction of sp³-hybridized carbons (Fsp3) is 0.111. The molecule has 0 fully saturated rings. The Labute approximate surface area is 95.7 Å². The zero-order valence-electron chi connectivity index (χ0n) is 7.91. The van der Waals surface area contributed by atoms with Crippen LogP contribution in [0.2, 0.25) is 0 Å². The van der Waals surface area contributed by atoms with Crippen LogP contribution in [0.5, 0.6) is 5.75 Å². The predicted octanol–water partition coefficient (Wildman–Crippen LogP) is 2.46. The van der Waals surface area contributed by atoms with Crippen LogP contribution in [-0.4, -0.2) is 15.0 Å². The average Bonchev–Trinajstić information content (AvgIpc) is 2.15. The van der Waals surface area contributed by atoms with Crippen molar-refractivity contribution in [3.63, 3.8) is 0 Å². The molecule has 0 aliphatic rings. The van der Waals surface area contributed by atoms with Gasteiger partial charge >= 0.3 is 0 Å². The smallest absolute Gasteiger partial charge is 0.261 e. The summed E-state index contributed by atoms with van der Waals surface area (Å²) in [6.45, 7) is 3.21. The van der Waals surface area contributed by atoms with Crippen molar-refractivity contribution in [2.75, 3.05) is 6.61 Å². The van der Waals surface area contributed by atoms with E-state index in [2.05, 4.69) is 11.3 Å². The summed E-state index contributed by atoms with van der Waals surface area (Å²) >= 11 is 0. The second kappa shape index (κ2) is 4.80. The van der Waals surface area contributed by atoms with Gasteiger partial charge in [-0.3, -0.25) is 0 Å². The number of benzene rings is 1. The lowest BCUT2D eigenvalue weighted by atomic mass is 10.3. The lowest BCUT2D eigenvalue weighted by Gasteiger charge is -2.07. The van der Waals surface area contributed by atoms with Gasteiger partial charge in [-0.1, -0.05) is 12.7 Å². The molecule has 0 saturated heterocycles. The molecular formula is C9H7ClF2O3S. The quantitative estimate of drug-likeness (QED) is 0.622. The van der Waals surface area contributed by atoms with Gasteiger partial charge in [-0.15, -0.1) is 0 Å². The van der Waals surface area contributed by atoms with Crippen LogP contribution in [-0.2, 0) is 9.05 Å². The molecule has 0 aliphatic heterocycles. The van der Waals surface area contributed by atoms with Crippen molar-refractivity contribution < 1.29 is 21.9 Å². The van der Waals surface area contributed by atoms with Crippen LogP contribution in [0.15, 0.2) is 29.7 Å². The van der Waals surface area contributed by atoms with Crippen molar-refractivity contribution in [1.29, 1.82) is 0 Å². The highest BCUT2D eigenvalue weighted by Gasteiger charge is 2.18. The Morgan fingerprint density at radius 1 is 1.38 bits per heavy atom. The van der Waals surface area contributed by atoms with Gasteiger partial charge in [0.1, 0.15) is 6.61 Å². The molecule has 0 saturated carbocycles. The molecule has 0 unspecified atom stereocenters. The maximum Gasteiger partial charge on any atom is 0.261 e. The van der Waals surface area contributed by atoms with Crippen LogP contribution < -0.4 is 4.74 Å². The summed E-state index contributed by atoms with van der Waals surface area (Å²) < 4.78 is 52.8. The zero-order valence-corrected chi connectivity index (χ0v) is 9.49. The summed E-state index contributed by atoms with van der Waals surface area (Å²) in [6.07, 6.45) is 1.30. The monoisotopic (exact) mass is 268 g/mol. The third kappa shape index (κ3) is 2.93. The molecular weight excluding hydrogens is 262 g/mol. The Bertz CT molecular complexity index is 490. The van der Waals surface area contributed by atoms with E-state index in [9.17, 15) is 17.2 Å². The fourth-order valence-corrected chi connectivity index (χ4v) is 1.71. The Morgan fingerprint density at radius 2 is 1.88 bits per heavy atom. The van der Waals surface area contributed by atoms with Crippen molar-refractivity contribution in [2.24, 2.45) is 0 Å². The van der Waals surface area contributed by atoms with Gasteiger partial charge in [0, 0.05) is 10.7 Å². The fourth-order valence-electron chi connectivity index (χ4n) is 0.958. The minimum absolute atomic E-state index is 0.0964. The van der Waals surface area contributed by atoms with Gasteiger partial charge in [0.15, 0.2) is 17.4 Å². The maximum absolute atomic E-state index is 13.2. The molecule has 1 rings (SSSR count). The SMILES string of the molecule is C=CCOc1c(F)cc(S(=O)(=O)Cl)cc1F. The molecule has 0 spiro atoms. The van der Waals surface area contributed by atoms with Gasteiger partial charge in [0.2, 0.25) is 0 Å². The summed E-state index contributed by atoms with van der Waals surface area (Å²) in [5, 5.41) is 0.